The summed E-state index contributed by atoms with van der Waals surface area (Å²) in [4.78, 5) is 7.32. The fraction of sp³-hybridized carbons (Fsp3) is 0.462. The van der Waals surface area contributed by atoms with Crippen LogP contribution in [0.15, 0.2) is 24.5 Å². The molecule has 2 rings (SSSR count). The Morgan fingerprint density at radius 1 is 1.41 bits per heavy atom. The second-order valence-corrected chi connectivity index (χ2v) is 5.34. The molecule has 3 N–H and O–H groups in total. The highest BCUT2D eigenvalue weighted by Gasteiger charge is 2.24. The summed E-state index contributed by atoms with van der Waals surface area (Å²) in [6.07, 6.45) is 3.63. The summed E-state index contributed by atoms with van der Waals surface area (Å²) >= 11 is 0. The van der Waals surface area contributed by atoms with Gasteiger partial charge in [-0.05, 0) is 17.5 Å². The van der Waals surface area contributed by atoms with Gasteiger partial charge in [0.05, 0.1) is 12.6 Å². The summed E-state index contributed by atoms with van der Waals surface area (Å²) in [6.45, 7) is 6.43. The van der Waals surface area contributed by atoms with Gasteiger partial charge < -0.3 is 15.4 Å². The highest BCUT2D eigenvalue weighted by Crippen LogP contribution is 2.26. The monoisotopic (exact) mass is 233 g/mol. The van der Waals surface area contributed by atoms with Gasteiger partial charge in [0, 0.05) is 23.5 Å². The topological polar surface area (TPSA) is 60.9 Å². The van der Waals surface area contributed by atoms with Gasteiger partial charge in [-0.3, -0.25) is 0 Å². The number of nitrogens with zero attached hydrogens (tertiary/aromatic N) is 1. The van der Waals surface area contributed by atoms with Gasteiger partial charge in [0.2, 0.25) is 0 Å². The molecule has 2 heterocycles. The van der Waals surface area contributed by atoms with Crippen molar-refractivity contribution >= 4 is 16.7 Å². The van der Waals surface area contributed by atoms with Crippen LogP contribution in [0.5, 0.6) is 0 Å². The summed E-state index contributed by atoms with van der Waals surface area (Å²) in [7, 11) is 0. The number of aromatic nitrogens is 2. The number of pyridine rings is 1. The van der Waals surface area contributed by atoms with Crippen molar-refractivity contribution < 1.29 is 5.11 Å². The lowest BCUT2D eigenvalue weighted by molar-refractivity contribution is 0.202. The number of aromatic amines is 1. The highest BCUT2D eigenvalue weighted by atomic mass is 16.3. The van der Waals surface area contributed by atoms with Crippen LogP contribution in [-0.4, -0.2) is 27.7 Å². The Morgan fingerprint density at radius 3 is 2.82 bits per heavy atom. The molecule has 92 valence electrons. The van der Waals surface area contributed by atoms with Gasteiger partial charge in [-0.1, -0.05) is 20.8 Å². The Bertz CT molecular complexity index is 499. The third-order valence-electron chi connectivity index (χ3n) is 3.02. The zero-order valence-corrected chi connectivity index (χ0v) is 10.5. The number of H-pyrrole nitrogens is 1. The van der Waals surface area contributed by atoms with E-state index in [4.69, 9.17) is 0 Å². The molecule has 0 aromatic carbocycles. The van der Waals surface area contributed by atoms with E-state index in [2.05, 4.69) is 36.1 Å². The van der Waals surface area contributed by atoms with E-state index in [0.29, 0.717) is 0 Å². The lowest BCUT2D eigenvalue weighted by atomic mass is 9.87. The average molecular weight is 233 g/mol. The molecule has 2 aromatic heterocycles. The Kier molecular flexibility index (Phi) is 3.07. The van der Waals surface area contributed by atoms with Crippen LogP contribution in [0.3, 0.4) is 0 Å². The first-order valence-electron chi connectivity index (χ1n) is 5.82. The average Bonchev–Trinajstić information content (AvgIpc) is 2.72. The van der Waals surface area contributed by atoms with E-state index in [1.54, 1.807) is 6.20 Å². The van der Waals surface area contributed by atoms with Crippen molar-refractivity contribution in [2.75, 3.05) is 11.9 Å². The van der Waals surface area contributed by atoms with Gasteiger partial charge >= 0.3 is 0 Å². The van der Waals surface area contributed by atoms with Crippen LogP contribution in [0.4, 0.5) is 5.69 Å². The van der Waals surface area contributed by atoms with Gasteiger partial charge in [-0.25, -0.2) is 4.98 Å². The molecule has 4 nitrogen and oxygen atoms in total. The molecule has 0 bridgehead atoms. The zero-order valence-electron chi connectivity index (χ0n) is 10.5. The maximum atomic E-state index is 9.46. The van der Waals surface area contributed by atoms with Crippen molar-refractivity contribution in [3.63, 3.8) is 0 Å². The summed E-state index contributed by atoms with van der Waals surface area (Å²) in [5.74, 6) is 0. The van der Waals surface area contributed by atoms with Crippen LogP contribution >= 0.6 is 0 Å². The first-order valence-corrected chi connectivity index (χ1v) is 5.82. The molecular weight excluding hydrogens is 214 g/mol. The van der Waals surface area contributed by atoms with E-state index in [9.17, 15) is 5.11 Å². The molecule has 0 amide bonds. The van der Waals surface area contributed by atoms with Gasteiger partial charge in [0.15, 0.2) is 0 Å². The van der Waals surface area contributed by atoms with Crippen LogP contribution in [0.1, 0.15) is 20.8 Å². The third kappa shape index (κ3) is 2.42. The molecule has 2 aromatic rings. The first-order chi connectivity index (χ1) is 8.02. The maximum Gasteiger partial charge on any atom is 0.139 e. The molecule has 0 spiro atoms. The minimum absolute atomic E-state index is 0.000645. The van der Waals surface area contributed by atoms with Crippen LogP contribution in [0, 0.1) is 5.41 Å². The molecule has 0 aliphatic carbocycles. The number of rotatable bonds is 3. The molecule has 0 aliphatic rings. The summed E-state index contributed by atoms with van der Waals surface area (Å²) < 4.78 is 0. The third-order valence-corrected chi connectivity index (χ3v) is 3.02. The molecule has 0 radical (unpaired) electrons. The highest BCUT2D eigenvalue weighted by molar-refractivity contribution is 5.89. The van der Waals surface area contributed by atoms with Gasteiger partial charge in [-0.15, -0.1) is 0 Å². The second-order valence-electron chi connectivity index (χ2n) is 5.34. The van der Waals surface area contributed by atoms with Crippen LogP contribution in [0.2, 0.25) is 0 Å². The molecule has 0 saturated heterocycles. The van der Waals surface area contributed by atoms with Gasteiger partial charge in [-0.2, -0.15) is 0 Å². The van der Waals surface area contributed by atoms with Gasteiger partial charge in [0.1, 0.15) is 5.65 Å². The van der Waals surface area contributed by atoms with E-state index >= 15 is 0 Å². The molecule has 1 atom stereocenters. The lowest BCUT2D eigenvalue weighted by Gasteiger charge is -2.30. The van der Waals surface area contributed by atoms with Crippen LogP contribution < -0.4 is 5.32 Å². The van der Waals surface area contributed by atoms with E-state index in [0.717, 1.165) is 16.7 Å². The molecular formula is C13H19N3O. The van der Waals surface area contributed by atoms with Gasteiger partial charge in [0.25, 0.3) is 0 Å². The predicted octanol–water partition coefficient (Wildman–Crippen LogP) is 2.38. The largest absolute Gasteiger partial charge is 0.394 e. The molecule has 0 saturated carbocycles. The Labute approximate surface area is 101 Å². The summed E-state index contributed by atoms with van der Waals surface area (Å²) in [5, 5.41) is 13.9. The quantitative estimate of drug-likeness (QED) is 0.762. The molecule has 0 unspecified atom stereocenters. The van der Waals surface area contributed by atoms with Crippen molar-refractivity contribution in [2.24, 2.45) is 5.41 Å². The lowest BCUT2D eigenvalue weighted by Crippen LogP contribution is -2.37. The molecule has 0 aliphatic heterocycles. The minimum Gasteiger partial charge on any atom is -0.394 e. The maximum absolute atomic E-state index is 9.46. The number of aliphatic hydroxyl groups is 1. The normalized spacial score (nSPS) is 13.9. The number of anilines is 1. The number of fused-ring (bicyclic) bond motifs is 1. The fourth-order valence-corrected chi connectivity index (χ4v) is 1.81. The second kappa shape index (κ2) is 4.37. The van der Waals surface area contributed by atoms with E-state index in [-0.39, 0.29) is 18.1 Å². The molecule has 4 heteroatoms. The van der Waals surface area contributed by atoms with E-state index in [1.165, 1.54) is 0 Å². The van der Waals surface area contributed by atoms with Crippen molar-refractivity contribution in [2.45, 2.75) is 26.8 Å². The Morgan fingerprint density at radius 2 is 2.18 bits per heavy atom. The predicted molar refractivity (Wildman–Crippen MR) is 70.0 cm³/mol. The van der Waals surface area contributed by atoms with Crippen molar-refractivity contribution in [1.82, 2.24) is 9.97 Å². The van der Waals surface area contributed by atoms with Crippen LogP contribution in [0.25, 0.3) is 11.0 Å². The van der Waals surface area contributed by atoms with Crippen molar-refractivity contribution in [1.29, 1.82) is 0 Å². The number of hydrogen-bond acceptors (Lipinski definition) is 3. The van der Waals surface area contributed by atoms with Crippen molar-refractivity contribution in [3.05, 3.63) is 24.5 Å². The van der Waals surface area contributed by atoms with Crippen molar-refractivity contribution in [3.8, 4) is 0 Å². The molecule has 17 heavy (non-hydrogen) atoms. The zero-order chi connectivity index (χ0) is 12.5. The Hall–Kier alpha value is -1.55. The first kappa shape index (κ1) is 11.9. The SMILES string of the molecule is CC(C)(C)[C@@H](CO)Nc1ccnc2[nH]ccc12. The van der Waals surface area contributed by atoms with E-state index < -0.39 is 0 Å². The summed E-state index contributed by atoms with van der Waals surface area (Å²) in [6, 6.07) is 3.94. The number of hydrogen-bond donors (Lipinski definition) is 3. The Balaban J connectivity index is 2.31. The van der Waals surface area contributed by atoms with Crippen LogP contribution in [-0.2, 0) is 0 Å². The molecule has 0 fully saturated rings. The number of nitrogens with one attached hydrogen (secondary N) is 2. The number of aliphatic hydroxyl groups excluding tert-OH is 1. The smallest absolute Gasteiger partial charge is 0.139 e. The fourth-order valence-electron chi connectivity index (χ4n) is 1.81. The minimum atomic E-state index is 0.000645. The van der Waals surface area contributed by atoms with E-state index in [1.807, 2.05) is 18.3 Å². The summed E-state index contributed by atoms with van der Waals surface area (Å²) in [5.41, 5.74) is 1.87. The standard InChI is InChI=1S/C13H19N3O/c1-13(2,3)11(8-17)16-10-5-7-15-12-9(10)4-6-14-12/h4-7,11,17H,8H2,1-3H3,(H2,14,15,16)/t11-/m1/s1.